The van der Waals surface area contributed by atoms with E-state index in [1.807, 2.05) is 33.8 Å². The second kappa shape index (κ2) is 23.5. The van der Waals surface area contributed by atoms with Crippen LogP contribution in [0.15, 0.2) is 76.3 Å². The van der Waals surface area contributed by atoms with Crippen LogP contribution in [0.5, 0.6) is 16.7 Å². The van der Waals surface area contributed by atoms with Crippen molar-refractivity contribution in [2.75, 3.05) is 23.0 Å². The largest absolute Gasteiger partial charge is 0.459 e. The van der Waals surface area contributed by atoms with Gasteiger partial charge < -0.3 is 25.0 Å². The number of nitrogens with zero attached hydrogens (tertiary/aromatic N) is 5. The van der Waals surface area contributed by atoms with E-state index in [0.717, 1.165) is 11.8 Å². The molecular weight excluding hydrogens is 894 g/mol. The van der Waals surface area contributed by atoms with Gasteiger partial charge in [0.2, 0.25) is 5.01 Å². The highest BCUT2D eigenvalue weighted by atomic mass is 35.5. The van der Waals surface area contributed by atoms with Crippen molar-refractivity contribution in [2.24, 2.45) is 0 Å². The molecule has 0 aliphatic rings. The molecule has 4 rings (SSSR count). The van der Waals surface area contributed by atoms with Gasteiger partial charge in [0.15, 0.2) is 6.61 Å². The summed E-state index contributed by atoms with van der Waals surface area (Å²) in [5.74, 6) is 0.220. The van der Waals surface area contributed by atoms with Crippen molar-refractivity contribution in [1.82, 2.24) is 15.1 Å². The van der Waals surface area contributed by atoms with Crippen LogP contribution in [0.1, 0.15) is 46.6 Å². The van der Waals surface area contributed by atoms with Crippen LogP contribution in [0.25, 0.3) is 0 Å². The maximum Gasteiger partial charge on any atom is 0.445 e. The van der Waals surface area contributed by atoms with Gasteiger partial charge in [-0.2, -0.15) is 13.2 Å². The number of carbonyl (C=O) groups is 2. The molecule has 0 aliphatic carbocycles. The number of thioether (sulfide) groups is 1. The number of carbonyl (C=O) groups excluding carboxylic acids is 2. The minimum absolute atomic E-state index is 0.0160. The summed E-state index contributed by atoms with van der Waals surface area (Å²) < 4.78 is 60.8. The molecule has 1 heterocycles. The van der Waals surface area contributed by atoms with Gasteiger partial charge in [0.05, 0.1) is 9.96 Å². The molecule has 316 valence electrons. The van der Waals surface area contributed by atoms with Gasteiger partial charge in [-0.05, 0) is 84.0 Å². The summed E-state index contributed by atoms with van der Waals surface area (Å²) in [5.41, 5.74) is 5.70. The quantitative estimate of drug-likeness (QED) is 0.0628. The van der Waals surface area contributed by atoms with Gasteiger partial charge in [0.25, 0.3) is 22.0 Å². The van der Waals surface area contributed by atoms with Crippen LogP contribution in [0.2, 0.25) is 5.02 Å². The number of para-hydroxylation sites is 1. The Hall–Kier alpha value is -4.07. The third-order valence-electron chi connectivity index (χ3n) is 7.00. The van der Waals surface area contributed by atoms with Crippen LogP contribution in [-0.4, -0.2) is 61.7 Å². The molecule has 0 saturated carbocycles. The molecule has 0 radical (unpaired) electrons. The van der Waals surface area contributed by atoms with E-state index in [0.29, 0.717) is 22.2 Å². The van der Waals surface area contributed by atoms with E-state index in [1.54, 1.807) is 43.0 Å². The Labute approximate surface area is 360 Å². The molecule has 2 amide bonds. The lowest BCUT2D eigenvalue weighted by Crippen LogP contribution is -2.40. The average molecular weight is 933 g/mol. The molecule has 0 saturated heterocycles. The predicted molar refractivity (Wildman–Crippen MR) is 223 cm³/mol. The van der Waals surface area contributed by atoms with Crippen LogP contribution in [0, 0.1) is 15.9 Å². The fourth-order valence-corrected chi connectivity index (χ4v) is 6.78. The van der Waals surface area contributed by atoms with E-state index in [-0.39, 0.29) is 66.5 Å². The molecule has 0 fully saturated rings. The predicted octanol–water partition coefficient (Wildman–Crippen LogP) is 12.0. The van der Waals surface area contributed by atoms with E-state index in [4.69, 9.17) is 61.6 Å². The minimum atomic E-state index is -4.61. The number of amides is 2. The van der Waals surface area contributed by atoms with E-state index in [2.05, 4.69) is 10.2 Å². The Bertz CT molecular complexity index is 2000. The van der Waals surface area contributed by atoms with E-state index in [9.17, 15) is 37.3 Å². The number of nitro groups is 1. The first-order chi connectivity index (χ1) is 27.0. The van der Waals surface area contributed by atoms with Crippen molar-refractivity contribution in [3.63, 3.8) is 0 Å². The molecular formula is C36H38Cl4F4N6O6S2. The molecule has 3 aromatic carbocycles. The number of nitrogens with two attached hydrogens (primary N) is 1. The Morgan fingerprint density at radius 1 is 0.931 bits per heavy atom. The van der Waals surface area contributed by atoms with Crippen LogP contribution in [-0.2, 0) is 11.0 Å². The number of aromatic nitrogens is 2. The van der Waals surface area contributed by atoms with E-state index in [1.165, 1.54) is 41.3 Å². The van der Waals surface area contributed by atoms with Crippen molar-refractivity contribution in [3.05, 3.63) is 102 Å². The van der Waals surface area contributed by atoms with Gasteiger partial charge in [-0.1, -0.05) is 92.8 Å². The van der Waals surface area contributed by atoms with E-state index < -0.39 is 34.4 Å². The normalized spacial score (nSPS) is 10.9. The van der Waals surface area contributed by atoms with Gasteiger partial charge in [-0.25, -0.2) is 4.39 Å². The molecule has 58 heavy (non-hydrogen) atoms. The second-order valence-corrected chi connectivity index (χ2v) is 15.9. The molecule has 0 bridgehead atoms. The maximum atomic E-state index is 13.0. The monoisotopic (exact) mass is 930 g/mol. The average Bonchev–Trinajstić information content (AvgIpc) is 3.63. The lowest BCUT2D eigenvalue weighted by atomic mass is 10.2. The second-order valence-electron chi connectivity index (χ2n) is 12.3. The SMILES string of the molecule is CC(C)N(C(=O)COc1nnc(C(F)(F)F)s1)c1ccc(F)cc1.CC(C)N(C(=O)SCC(Cl)=C(Cl)Cl)C(C)C.Nc1c([N+](=O)[O-])ccc(Oc2ccccc2)c1Cl. The first-order valence-electron chi connectivity index (χ1n) is 16.8. The highest BCUT2D eigenvalue weighted by molar-refractivity contribution is 8.13. The standard InChI is InChI=1S/C14H13F4N3O2S.C12H9ClN2O3.C10H16Cl3NOS/c1-8(2)21(10-5-3-9(15)4-6-10)11(22)7-23-13-20-19-12(24-13)14(16,17)18;13-11-10(18-8-4-2-1-3-5-8)7-6-9(12(11)14)15(16)17;1-6(2)14(7(3)4)10(15)16-5-8(11)9(12)13/h3-6,8H,7H2,1-2H3;1-7H,14H2;6-7H,5H2,1-4H3. The van der Waals surface area contributed by atoms with Gasteiger partial charge in [-0.3, -0.25) is 19.7 Å². The molecule has 0 atom stereocenters. The van der Waals surface area contributed by atoms with Gasteiger partial charge in [0, 0.05) is 35.6 Å². The highest BCUT2D eigenvalue weighted by Gasteiger charge is 2.36. The van der Waals surface area contributed by atoms with Crippen LogP contribution in [0.3, 0.4) is 0 Å². The molecule has 1 aromatic heterocycles. The number of hydrogen-bond donors (Lipinski definition) is 1. The zero-order valence-corrected chi connectivity index (χ0v) is 36.3. The third kappa shape index (κ3) is 15.9. The topological polar surface area (TPSA) is 154 Å². The van der Waals surface area contributed by atoms with Gasteiger partial charge >= 0.3 is 6.18 Å². The molecule has 2 N–H and O–H groups in total. The summed E-state index contributed by atoms with van der Waals surface area (Å²) in [6.45, 7) is 10.9. The van der Waals surface area contributed by atoms with Crippen molar-refractivity contribution in [1.29, 1.82) is 0 Å². The lowest BCUT2D eigenvalue weighted by molar-refractivity contribution is -0.383. The Morgan fingerprint density at radius 3 is 2.00 bits per heavy atom. The molecule has 4 aromatic rings. The molecule has 22 heteroatoms. The van der Waals surface area contributed by atoms with Crippen molar-refractivity contribution >= 4 is 97.7 Å². The molecule has 0 unspecified atom stereocenters. The number of ether oxygens (including phenoxy) is 2. The fourth-order valence-electron chi connectivity index (χ4n) is 4.60. The number of halogens is 8. The molecule has 0 spiro atoms. The summed E-state index contributed by atoms with van der Waals surface area (Å²) in [4.78, 5) is 37.4. The minimum Gasteiger partial charge on any atom is -0.459 e. The third-order valence-corrected chi connectivity index (χ3v) is 10.3. The zero-order valence-electron chi connectivity index (χ0n) is 31.6. The first-order valence-corrected chi connectivity index (χ1v) is 20.1. The van der Waals surface area contributed by atoms with Crippen LogP contribution >= 0.6 is 69.5 Å². The zero-order chi connectivity index (χ0) is 43.9. The molecule has 12 nitrogen and oxygen atoms in total. The number of anilines is 2. The van der Waals surface area contributed by atoms with Crippen molar-refractivity contribution in [2.45, 2.75) is 65.8 Å². The fraction of sp³-hybridized carbons (Fsp3) is 0.333. The summed E-state index contributed by atoms with van der Waals surface area (Å²) in [6, 6.07) is 17.0. The lowest BCUT2D eigenvalue weighted by Gasteiger charge is -2.30. The summed E-state index contributed by atoms with van der Waals surface area (Å²) in [7, 11) is 0. The Kier molecular flexibility index (Phi) is 20.3. The summed E-state index contributed by atoms with van der Waals surface area (Å²) >= 11 is 24.0. The molecule has 0 aliphatic heterocycles. The number of benzene rings is 3. The van der Waals surface area contributed by atoms with Crippen molar-refractivity contribution in [3.8, 4) is 16.7 Å². The Balaban J connectivity index is 0.000000308. The van der Waals surface area contributed by atoms with Crippen molar-refractivity contribution < 1.29 is 41.5 Å². The highest BCUT2D eigenvalue weighted by Crippen LogP contribution is 2.39. The summed E-state index contributed by atoms with van der Waals surface area (Å²) in [6.07, 6.45) is -4.61. The summed E-state index contributed by atoms with van der Waals surface area (Å²) in [5, 5.41) is 15.7. The smallest absolute Gasteiger partial charge is 0.445 e. The van der Waals surface area contributed by atoms with E-state index >= 15 is 0 Å². The number of rotatable bonds is 12. The maximum absolute atomic E-state index is 13.0. The van der Waals surface area contributed by atoms with Crippen LogP contribution in [0.4, 0.5) is 39.4 Å². The number of hydrogen-bond acceptors (Lipinski definition) is 11. The first kappa shape index (κ1) is 50.1. The van der Waals surface area contributed by atoms with Gasteiger partial charge in [0.1, 0.15) is 32.5 Å². The van der Waals surface area contributed by atoms with Crippen LogP contribution < -0.4 is 20.1 Å². The number of nitrogen functional groups attached to an aromatic ring is 1. The number of alkyl halides is 3. The van der Waals surface area contributed by atoms with Gasteiger partial charge in [-0.15, -0.1) is 5.10 Å². The Morgan fingerprint density at radius 2 is 1.52 bits per heavy atom. The number of nitro benzene ring substituents is 1.